The molecule has 2 unspecified atom stereocenters. The molecule has 31 heavy (non-hydrogen) atoms. The third-order valence-corrected chi connectivity index (χ3v) is 7.83. The molecule has 3 nitrogen and oxygen atoms in total. The average molecular weight is 424 g/mol. The molecule has 0 radical (unpaired) electrons. The van der Waals surface area contributed by atoms with Gasteiger partial charge in [0, 0.05) is 12.1 Å². The van der Waals surface area contributed by atoms with E-state index in [0.29, 0.717) is 23.2 Å². The van der Waals surface area contributed by atoms with E-state index in [1.54, 1.807) is 19.2 Å². The summed E-state index contributed by atoms with van der Waals surface area (Å²) in [7, 11) is 1.68. The zero-order valence-electron chi connectivity index (χ0n) is 19.0. The Morgan fingerprint density at radius 2 is 1.58 bits per heavy atom. The Hall–Kier alpha value is -2.07. The Kier molecular flexibility index (Phi) is 5.04. The Balaban J connectivity index is 1.26. The molecule has 1 N–H and O–H groups in total. The van der Waals surface area contributed by atoms with Crippen LogP contribution in [0.25, 0.3) is 0 Å². The molecule has 0 spiro atoms. The van der Waals surface area contributed by atoms with Crippen LogP contribution in [0.1, 0.15) is 63.5 Å². The van der Waals surface area contributed by atoms with Gasteiger partial charge in [0.15, 0.2) is 11.5 Å². The van der Waals surface area contributed by atoms with Crippen LogP contribution in [-0.4, -0.2) is 12.6 Å². The van der Waals surface area contributed by atoms with E-state index < -0.39 is 0 Å². The quantitative estimate of drug-likeness (QED) is 0.571. The summed E-state index contributed by atoms with van der Waals surface area (Å²) in [5.41, 5.74) is 3.46. The van der Waals surface area contributed by atoms with Crippen molar-refractivity contribution in [2.45, 2.75) is 71.1 Å². The zero-order valence-corrected chi connectivity index (χ0v) is 19.0. The summed E-state index contributed by atoms with van der Waals surface area (Å²) in [6, 6.07) is 12.6. The van der Waals surface area contributed by atoms with Crippen molar-refractivity contribution in [1.29, 1.82) is 0 Å². The highest BCUT2D eigenvalue weighted by Gasteiger charge is 2.59. The number of benzene rings is 2. The Labute approximate surface area is 185 Å². The fourth-order valence-electron chi connectivity index (χ4n) is 7.62. The number of halogens is 1. The molecular weight excluding hydrogens is 389 g/mol. The second-order valence-corrected chi connectivity index (χ2v) is 11.2. The first kappa shape index (κ1) is 20.8. The lowest BCUT2D eigenvalue weighted by atomic mass is 9.43. The van der Waals surface area contributed by atoms with Crippen LogP contribution in [0.5, 0.6) is 11.5 Å². The number of methoxy groups -OCH3 is 1. The van der Waals surface area contributed by atoms with Crippen molar-refractivity contribution in [1.82, 2.24) is 5.32 Å². The second kappa shape index (κ2) is 7.51. The molecule has 4 fully saturated rings. The normalized spacial score (nSPS) is 33.5. The predicted octanol–water partition coefficient (Wildman–Crippen LogP) is 6.25. The Bertz CT molecular complexity index is 938. The molecule has 0 heterocycles. The third kappa shape index (κ3) is 4.19. The van der Waals surface area contributed by atoms with E-state index in [-0.39, 0.29) is 11.4 Å². The molecule has 6 rings (SSSR count). The minimum atomic E-state index is -0.236. The second-order valence-electron chi connectivity index (χ2n) is 11.2. The van der Waals surface area contributed by atoms with Gasteiger partial charge >= 0.3 is 0 Å². The van der Waals surface area contributed by atoms with Crippen LogP contribution in [0, 0.1) is 22.6 Å². The number of hydrogen-bond acceptors (Lipinski definition) is 3. The monoisotopic (exact) mass is 423 g/mol. The molecule has 2 aromatic carbocycles. The maximum atomic E-state index is 13.1. The summed E-state index contributed by atoms with van der Waals surface area (Å²) < 4.78 is 24.7. The van der Waals surface area contributed by atoms with Crippen LogP contribution in [-0.2, 0) is 13.2 Å². The van der Waals surface area contributed by atoms with Crippen molar-refractivity contribution in [3.05, 3.63) is 59.4 Å². The molecule has 4 aliphatic rings. The fourth-order valence-corrected chi connectivity index (χ4v) is 7.62. The van der Waals surface area contributed by atoms with Gasteiger partial charge in [0.05, 0.1) is 7.11 Å². The molecule has 4 bridgehead atoms. The number of nitrogens with one attached hydrogen (secondary N) is 1. The van der Waals surface area contributed by atoms with Crippen molar-refractivity contribution < 1.29 is 13.9 Å². The number of rotatable bonds is 7. The molecule has 4 saturated carbocycles. The summed E-state index contributed by atoms with van der Waals surface area (Å²) in [6.07, 6.45) is 8.17. The van der Waals surface area contributed by atoms with Crippen LogP contribution < -0.4 is 14.8 Å². The van der Waals surface area contributed by atoms with Crippen LogP contribution >= 0.6 is 0 Å². The van der Waals surface area contributed by atoms with Crippen molar-refractivity contribution in [2.24, 2.45) is 16.7 Å². The van der Waals surface area contributed by atoms with Gasteiger partial charge in [-0.1, -0.05) is 32.0 Å². The summed E-state index contributed by atoms with van der Waals surface area (Å²) in [5, 5.41) is 4.00. The molecule has 0 aromatic heterocycles. The first-order valence-corrected chi connectivity index (χ1v) is 11.6. The van der Waals surface area contributed by atoms with Gasteiger partial charge in [-0.15, -0.1) is 0 Å². The highest BCUT2D eigenvalue weighted by atomic mass is 19.1. The average Bonchev–Trinajstić information content (AvgIpc) is 2.69. The van der Waals surface area contributed by atoms with Crippen LogP contribution in [0.15, 0.2) is 42.5 Å². The third-order valence-electron chi connectivity index (χ3n) is 7.83. The first-order valence-electron chi connectivity index (χ1n) is 11.6. The van der Waals surface area contributed by atoms with Crippen LogP contribution in [0.2, 0.25) is 0 Å². The van der Waals surface area contributed by atoms with E-state index in [1.807, 2.05) is 6.07 Å². The standard InChI is InChI=1S/C27H34FNO2/c1-25-11-21-12-26(2,16-25)18-27(13-21,17-25)29-14-20-6-9-23(24(10-20)30-3)31-15-19-4-7-22(28)8-5-19/h4-10,21,29H,11-18H2,1-3H3/t21?,25-,26+,27?. The van der Waals surface area contributed by atoms with Gasteiger partial charge in [0.2, 0.25) is 0 Å². The summed E-state index contributed by atoms with van der Waals surface area (Å²) in [6.45, 7) is 6.27. The molecule has 4 atom stereocenters. The van der Waals surface area contributed by atoms with Gasteiger partial charge in [0.1, 0.15) is 12.4 Å². The molecule has 4 heteroatoms. The summed E-state index contributed by atoms with van der Waals surface area (Å²) >= 11 is 0. The van der Waals surface area contributed by atoms with Crippen molar-refractivity contribution in [2.75, 3.05) is 7.11 Å². The lowest BCUT2D eigenvalue weighted by Crippen LogP contribution is -2.63. The van der Waals surface area contributed by atoms with Gasteiger partial charge in [-0.25, -0.2) is 4.39 Å². The lowest BCUT2D eigenvalue weighted by Gasteiger charge is -2.65. The highest BCUT2D eigenvalue weighted by Crippen LogP contribution is 2.66. The van der Waals surface area contributed by atoms with Gasteiger partial charge in [-0.3, -0.25) is 0 Å². The fraction of sp³-hybridized carbons (Fsp3) is 0.556. The van der Waals surface area contributed by atoms with Crippen molar-refractivity contribution in [3.63, 3.8) is 0 Å². The van der Waals surface area contributed by atoms with E-state index in [9.17, 15) is 4.39 Å². The Morgan fingerprint density at radius 3 is 2.23 bits per heavy atom. The Morgan fingerprint density at radius 1 is 0.903 bits per heavy atom. The van der Waals surface area contributed by atoms with Gasteiger partial charge in [-0.05, 0) is 90.7 Å². The molecule has 0 aliphatic heterocycles. The minimum Gasteiger partial charge on any atom is -0.493 e. The van der Waals surface area contributed by atoms with E-state index in [1.165, 1.54) is 56.2 Å². The summed E-state index contributed by atoms with van der Waals surface area (Å²) in [5.74, 6) is 2.10. The van der Waals surface area contributed by atoms with Crippen LogP contribution in [0.3, 0.4) is 0 Å². The highest BCUT2D eigenvalue weighted by molar-refractivity contribution is 5.43. The number of ether oxygens (including phenoxy) is 2. The number of hydrogen-bond donors (Lipinski definition) is 1. The van der Waals surface area contributed by atoms with Gasteiger partial charge in [-0.2, -0.15) is 0 Å². The maximum Gasteiger partial charge on any atom is 0.161 e. The smallest absolute Gasteiger partial charge is 0.161 e. The van der Waals surface area contributed by atoms with Crippen LogP contribution in [0.4, 0.5) is 4.39 Å². The minimum absolute atomic E-state index is 0.236. The van der Waals surface area contributed by atoms with E-state index in [4.69, 9.17) is 9.47 Å². The van der Waals surface area contributed by atoms with Gasteiger partial charge in [0.25, 0.3) is 0 Å². The zero-order chi connectivity index (χ0) is 21.7. The lowest BCUT2D eigenvalue weighted by molar-refractivity contribution is -0.118. The molecule has 2 aromatic rings. The summed E-state index contributed by atoms with van der Waals surface area (Å²) in [4.78, 5) is 0. The van der Waals surface area contributed by atoms with Gasteiger partial charge < -0.3 is 14.8 Å². The predicted molar refractivity (Wildman–Crippen MR) is 121 cm³/mol. The SMILES string of the molecule is COc1cc(CNC23CC4C[C@@](C)(C2)C[C@](C)(C4)C3)ccc1OCc1ccc(F)cc1. The molecule has 166 valence electrons. The maximum absolute atomic E-state index is 13.1. The topological polar surface area (TPSA) is 30.5 Å². The van der Waals surface area contributed by atoms with Crippen molar-refractivity contribution >= 4 is 0 Å². The van der Waals surface area contributed by atoms with Crippen molar-refractivity contribution in [3.8, 4) is 11.5 Å². The first-order chi connectivity index (χ1) is 14.8. The van der Waals surface area contributed by atoms with E-state index in [0.717, 1.165) is 23.8 Å². The largest absolute Gasteiger partial charge is 0.493 e. The molecular formula is C27H34FNO2. The molecule has 4 aliphatic carbocycles. The van der Waals surface area contributed by atoms with E-state index in [2.05, 4.69) is 31.3 Å². The molecule has 0 amide bonds. The molecule has 0 saturated heterocycles. The van der Waals surface area contributed by atoms with E-state index >= 15 is 0 Å².